The molecule has 4 nitrogen and oxygen atoms in total. The van der Waals surface area contributed by atoms with Crippen LogP contribution in [-0.2, 0) is 4.79 Å². The summed E-state index contributed by atoms with van der Waals surface area (Å²) in [4.78, 5) is 13.8. The van der Waals surface area contributed by atoms with Gasteiger partial charge in [-0.2, -0.15) is 0 Å². The highest BCUT2D eigenvalue weighted by molar-refractivity contribution is 5.81. The Morgan fingerprint density at radius 2 is 2.31 bits per heavy atom. The Bertz CT molecular complexity index is 221. The van der Waals surface area contributed by atoms with Gasteiger partial charge in [0.25, 0.3) is 0 Å². The van der Waals surface area contributed by atoms with Crippen molar-refractivity contribution in [3.8, 4) is 0 Å². The van der Waals surface area contributed by atoms with Gasteiger partial charge in [0.15, 0.2) is 0 Å². The van der Waals surface area contributed by atoms with Crippen LogP contribution in [0.5, 0.6) is 0 Å². The minimum Gasteiger partial charge on any atom is -0.392 e. The summed E-state index contributed by atoms with van der Waals surface area (Å²) >= 11 is 0. The van der Waals surface area contributed by atoms with Gasteiger partial charge >= 0.3 is 0 Å². The third-order valence-corrected chi connectivity index (χ3v) is 3.20. The van der Waals surface area contributed by atoms with Gasteiger partial charge in [0.05, 0.1) is 12.1 Å². The minimum atomic E-state index is -0.254. The molecule has 0 radical (unpaired) electrons. The van der Waals surface area contributed by atoms with Crippen molar-refractivity contribution < 1.29 is 9.90 Å². The molecule has 0 bridgehead atoms. The molecule has 2 N–H and O–H groups in total. The molecule has 1 aliphatic heterocycles. The summed E-state index contributed by atoms with van der Waals surface area (Å²) in [6, 6.07) is -0.112. The number of carbonyl (C=O) groups is 1. The molecule has 0 aliphatic carbocycles. The van der Waals surface area contributed by atoms with Gasteiger partial charge in [0, 0.05) is 19.6 Å². The Labute approximate surface area is 98.0 Å². The monoisotopic (exact) mass is 228 g/mol. The fraction of sp³-hybridized carbons (Fsp3) is 0.917. The second-order valence-electron chi connectivity index (χ2n) is 4.61. The van der Waals surface area contributed by atoms with Gasteiger partial charge in [-0.05, 0) is 19.8 Å². The van der Waals surface area contributed by atoms with Crippen molar-refractivity contribution in [1.82, 2.24) is 10.2 Å². The Hall–Kier alpha value is -0.610. The van der Waals surface area contributed by atoms with Crippen LogP contribution in [0.1, 0.15) is 39.5 Å². The molecule has 1 fully saturated rings. The largest absolute Gasteiger partial charge is 0.392 e. The van der Waals surface area contributed by atoms with Crippen molar-refractivity contribution in [3.05, 3.63) is 0 Å². The predicted octanol–water partition coefficient (Wildman–Crippen LogP) is 0.748. The van der Waals surface area contributed by atoms with Gasteiger partial charge in [-0.25, -0.2) is 0 Å². The smallest absolute Gasteiger partial charge is 0.237 e. The number of aliphatic hydroxyl groups excluding tert-OH is 1. The lowest BCUT2D eigenvalue weighted by molar-refractivity contribution is -0.125. The Balaban J connectivity index is 2.20. The van der Waals surface area contributed by atoms with Crippen LogP contribution in [-0.4, -0.2) is 47.7 Å². The molecule has 2 atom stereocenters. The summed E-state index contributed by atoms with van der Waals surface area (Å²) < 4.78 is 0. The third kappa shape index (κ3) is 4.10. The SMILES string of the molecule is CCCCCNC(=O)C(C)N1CC[C@@H](O)C1. The number of hydrogen-bond acceptors (Lipinski definition) is 3. The van der Waals surface area contributed by atoms with Crippen molar-refractivity contribution in [2.45, 2.75) is 51.7 Å². The fourth-order valence-corrected chi connectivity index (χ4v) is 2.02. The van der Waals surface area contributed by atoms with Gasteiger partial charge in [0.1, 0.15) is 0 Å². The zero-order valence-electron chi connectivity index (χ0n) is 10.4. The zero-order valence-corrected chi connectivity index (χ0v) is 10.4. The maximum atomic E-state index is 11.8. The molecule has 1 rings (SSSR count). The molecule has 0 aromatic heterocycles. The molecule has 1 unspecified atom stereocenters. The first-order valence-corrected chi connectivity index (χ1v) is 6.35. The maximum absolute atomic E-state index is 11.8. The molecular weight excluding hydrogens is 204 g/mol. The van der Waals surface area contributed by atoms with Gasteiger partial charge in [-0.15, -0.1) is 0 Å². The number of nitrogens with one attached hydrogen (secondary N) is 1. The summed E-state index contributed by atoms with van der Waals surface area (Å²) in [6.45, 7) is 6.28. The van der Waals surface area contributed by atoms with Gasteiger partial charge in [-0.3, -0.25) is 9.69 Å². The number of nitrogens with zero attached hydrogens (tertiary/aromatic N) is 1. The van der Waals surface area contributed by atoms with Gasteiger partial charge < -0.3 is 10.4 Å². The number of aliphatic hydroxyl groups is 1. The first kappa shape index (κ1) is 13.5. The number of likely N-dealkylation sites (tertiary alicyclic amines) is 1. The van der Waals surface area contributed by atoms with E-state index in [2.05, 4.69) is 12.2 Å². The Kier molecular flexibility index (Phi) is 5.77. The fourth-order valence-electron chi connectivity index (χ4n) is 2.02. The number of hydrogen-bond donors (Lipinski definition) is 2. The summed E-state index contributed by atoms with van der Waals surface area (Å²) in [5, 5.41) is 12.3. The van der Waals surface area contributed by atoms with E-state index in [9.17, 15) is 9.90 Å². The van der Waals surface area contributed by atoms with Crippen LogP contribution in [0.3, 0.4) is 0 Å². The Morgan fingerprint density at radius 1 is 1.56 bits per heavy atom. The molecule has 16 heavy (non-hydrogen) atoms. The van der Waals surface area contributed by atoms with E-state index in [0.29, 0.717) is 6.54 Å². The number of rotatable bonds is 6. The number of carbonyl (C=O) groups excluding carboxylic acids is 1. The lowest BCUT2D eigenvalue weighted by Crippen LogP contribution is -2.44. The highest BCUT2D eigenvalue weighted by atomic mass is 16.3. The molecule has 94 valence electrons. The van der Waals surface area contributed by atoms with E-state index in [1.54, 1.807) is 0 Å². The van der Waals surface area contributed by atoms with E-state index in [0.717, 1.165) is 32.4 Å². The van der Waals surface area contributed by atoms with Gasteiger partial charge in [0.2, 0.25) is 5.91 Å². The van der Waals surface area contributed by atoms with Crippen LogP contribution in [0.15, 0.2) is 0 Å². The van der Waals surface area contributed by atoms with Crippen molar-refractivity contribution in [1.29, 1.82) is 0 Å². The molecule has 1 saturated heterocycles. The summed E-state index contributed by atoms with van der Waals surface area (Å²) in [5.41, 5.74) is 0. The van der Waals surface area contributed by atoms with Crippen LogP contribution in [0.4, 0.5) is 0 Å². The standard InChI is InChI=1S/C12H24N2O2/c1-3-4-5-7-13-12(16)10(2)14-8-6-11(15)9-14/h10-11,15H,3-9H2,1-2H3,(H,13,16)/t10?,11-/m1/s1. The first-order chi connectivity index (χ1) is 7.65. The van der Waals surface area contributed by atoms with Crippen LogP contribution in [0.25, 0.3) is 0 Å². The molecular formula is C12H24N2O2. The van der Waals surface area contributed by atoms with E-state index in [4.69, 9.17) is 0 Å². The Morgan fingerprint density at radius 3 is 2.88 bits per heavy atom. The molecule has 0 spiro atoms. The average molecular weight is 228 g/mol. The molecule has 1 aliphatic rings. The molecule has 1 heterocycles. The summed E-state index contributed by atoms with van der Waals surface area (Å²) in [7, 11) is 0. The summed E-state index contributed by atoms with van der Waals surface area (Å²) in [6.07, 6.45) is 3.92. The lowest BCUT2D eigenvalue weighted by atomic mass is 10.2. The number of β-amino-alcohol motifs (C(OH)–C–C–N with tert-alkyl or cyclic N) is 1. The van der Waals surface area contributed by atoms with E-state index in [1.807, 2.05) is 11.8 Å². The van der Waals surface area contributed by atoms with Gasteiger partial charge in [-0.1, -0.05) is 19.8 Å². The number of unbranched alkanes of at least 4 members (excludes halogenated alkanes) is 2. The van der Waals surface area contributed by atoms with E-state index < -0.39 is 0 Å². The quantitative estimate of drug-likeness (QED) is 0.660. The first-order valence-electron chi connectivity index (χ1n) is 6.35. The van der Waals surface area contributed by atoms with Crippen LogP contribution < -0.4 is 5.32 Å². The van der Waals surface area contributed by atoms with E-state index in [1.165, 1.54) is 6.42 Å². The molecule has 0 saturated carbocycles. The topological polar surface area (TPSA) is 52.6 Å². The normalized spacial score (nSPS) is 23.3. The second kappa shape index (κ2) is 6.86. The van der Waals surface area contributed by atoms with Crippen molar-refractivity contribution in [2.75, 3.05) is 19.6 Å². The highest BCUT2D eigenvalue weighted by Crippen LogP contribution is 2.12. The van der Waals surface area contributed by atoms with Crippen LogP contribution in [0, 0.1) is 0 Å². The van der Waals surface area contributed by atoms with E-state index in [-0.39, 0.29) is 18.1 Å². The number of amides is 1. The lowest BCUT2D eigenvalue weighted by Gasteiger charge is -2.22. The van der Waals surface area contributed by atoms with Crippen molar-refractivity contribution >= 4 is 5.91 Å². The predicted molar refractivity (Wildman–Crippen MR) is 64.2 cm³/mol. The third-order valence-electron chi connectivity index (χ3n) is 3.20. The van der Waals surface area contributed by atoms with Crippen LogP contribution >= 0.6 is 0 Å². The molecule has 0 aromatic rings. The minimum absolute atomic E-state index is 0.0882. The average Bonchev–Trinajstić information content (AvgIpc) is 2.70. The van der Waals surface area contributed by atoms with E-state index >= 15 is 0 Å². The van der Waals surface area contributed by atoms with Crippen molar-refractivity contribution in [2.24, 2.45) is 0 Å². The highest BCUT2D eigenvalue weighted by Gasteiger charge is 2.27. The summed E-state index contributed by atoms with van der Waals surface area (Å²) in [5.74, 6) is 0.0882. The molecule has 4 heteroatoms. The van der Waals surface area contributed by atoms with Crippen molar-refractivity contribution in [3.63, 3.8) is 0 Å². The maximum Gasteiger partial charge on any atom is 0.237 e. The zero-order chi connectivity index (χ0) is 12.0. The molecule has 1 amide bonds. The second-order valence-corrected chi connectivity index (χ2v) is 4.61. The molecule has 0 aromatic carbocycles. The van der Waals surface area contributed by atoms with Crippen LogP contribution in [0.2, 0.25) is 0 Å².